The fourth-order valence-corrected chi connectivity index (χ4v) is 4.11. The lowest BCUT2D eigenvalue weighted by atomic mass is 9.98. The number of fused-ring (bicyclic) bond motifs is 3. The molecule has 0 saturated heterocycles. The molecule has 0 aliphatic heterocycles. The Kier molecular flexibility index (Phi) is 6.91. The molecule has 3 N–H and O–H groups in total. The van der Waals surface area contributed by atoms with E-state index in [9.17, 15) is 14.4 Å². The van der Waals surface area contributed by atoms with Gasteiger partial charge in [-0.15, -0.1) is 0 Å². The van der Waals surface area contributed by atoms with Crippen molar-refractivity contribution in [1.29, 1.82) is 0 Å². The Labute approximate surface area is 196 Å². The number of aromatic nitrogens is 1. The van der Waals surface area contributed by atoms with Crippen LogP contribution in [0.5, 0.6) is 0 Å². The molecular formula is C25H25N3O6. The Morgan fingerprint density at radius 2 is 1.74 bits per heavy atom. The highest BCUT2D eigenvalue weighted by molar-refractivity contribution is 5.86. The van der Waals surface area contributed by atoms with Gasteiger partial charge >= 0.3 is 12.1 Å². The van der Waals surface area contributed by atoms with Gasteiger partial charge < -0.3 is 25.0 Å². The minimum atomic E-state index is -1.07. The summed E-state index contributed by atoms with van der Waals surface area (Å²) in [7, 11) is 0. The van der Waals surface area contributed by atoms with Crippen molar-refractivity contribution in [2.45, 2.75) is 38.3 Å². The molecule has 2 amide bonds. The number of aryl methyl sites for hydroxylation is 1. The van der Waals surface area contributed by atoms with Crippen LogP contribution in [0.1, 0.15) is 41.1 Å². The van der Waals surface area contributed by atoms with E-state index in [1.54, 1.807) is 6.92 Å². The van der Waals surface area contributed by atoms with Crippen LogP contribution in [0, 0.1) is 6.92 Å². The summed E-state index contributed by atoms with van der Waals surface area (Å²) in [4.78, 5) is 36.3. The zero-order valence-electron chi connectivity index (χ0n) is 18.6. The molecular weight excluding hydrogens is 438 g/mol. The van der Waals surface area contributed by atoms with Gasteiger partial charge in [0.25, 0.3) is 0 Å². The van der Waals surface area contributed by atoms with E-state index in [-0.39, 0.29) is 31.9 Å². The van der Waals surface area contributed by atoms with Crippen LogP contribution in [-0.4, -0.2) is 40.9 Å². The first kappa shape index (κ1) is 23.0. The Balaban J connectivity index is 1.39. The molecule has 1 atom stereocenters. The van der Waals surface area contributed by atoms with E-state index in [1.165, 1.54) is 6.26 Å². The molecule has 9 nitrogen and oxygen atoms in total. The predicted molar refractivity (Wildman–Crippen MR) is 122 cm³/mol. The third kappa shape index (κ3) is 5.09. The van der Waals surface area contributed by atoms with E-state index < -0.39 is 24.0 Å². The van der Waals surface area contributed by atoms with Crippen LogP contribution in [0.3, 0.4) is 0 Å². The van der Waals surface area contributed by atoms with Crippen molar-refractivity contribution in [3.63, 3.8) is 0 Å². The number of carbonyl (C=O) groups is 3. The number of benzene rings is 2. The van der Waals surface area contributed by atoms with Crippen molar-refractivity contribution in [1.82, 2.24) is 15.8 Å². The molecule has 4 rings (SSSR count). The lowest BCUT2D eigenvalue weighted by Gasteiger charge is -2.19. The van der Waals surface area contributed by atoms with Gasteiger partial charge in [0.15, 0.2) is 0 Å². The summed E-state index contributed by atoms with van der Waals surface area (Å²) in [5.74, 6) is -1.71. The smallest absolute Gasteiger partial charge is 0.407 e. The van der Waals surface area contributed by atoms with Crippen LogP contribution in [0.15, 0.2) is 59.3 Å². The highest BCUT2D eigenvalue weighted by atomic mass is 16.5. The zero-order valence-corrected chi connectivity index (χ0v) is 18.6. The zero-order chi connectivity index (χ0) is 24.1. The molecule has 1 aliphatic carbocycles. The quantitative estimate of drug-likeness (QED) is 0.443. The average molecular weight is 463 g/mol. The van der Waals surface area contributed by atoms with Crippen molar-refractivity contribution in [2.24, 2.45) is 0 Å². The van der Waals surface area contributed by atoms with Gasteiger partial charge in [-0.1, -0.05) is 53.7 Å². The van der Waals surface area contributed by atoms with Crippen molar-refractivity contribution in [2.75, 3.05) is 6.61 Å². The third-order valence-corrected chi connectivity index (χ3v) is 5.90. The number of nitrogens with one attached hydrogen (secondary N) is 2. The summed E-state index contributed by atoms with van der Waals surface area (Å²) in [6.07, 6.45) is 0.275. The van der Waals surface area contributed by atoms with E-state index in [1.807, 2.05) is 48.5 Å². The molecule has 2 aromatic carbocycles. The topological polar surface area (TPSA) is 131 Å². The number of hydrogen-bond acceptors (Lipinski definition) is 6. The Hall–Kier alpha value is -4.14. The van der Waals surface area contributed by atoms with Gasteiger partial charge in [-0.3, -0.25) is 9.59 Å². The standard InChI is InChI=1S/C25H25N3O6/c1-15-16(13-34-28-15)12-26-24(31)22(10-11-23(29)30)27-25(32)33-14-21-19-8-4-2-6-17(19)18-7-3-5-9-20(18)21/h2-9,13,21-22H,10-12,14H2,1H3,(H,26,31)(H,27,32)(H,29,30). The molecule has 9 heteroatoms. The number of amides is 2. The number of hydrogen-bond donors (Lipinski definition) is 3. The number of carboxylic acid groups (broad SMARTS) is 1. The minimum absolute atomic E-state index is 0.0754. The van der Waals surface area contributed by atoms with Crippen LogP contribution >= 0.6 is 0 Å². The second-order valence-corrected chi connectivity index (χ2v) is 8.10. The van der Waals surface area contributed by atoms with Gasteiger partial charge in [-0.2, -0.15) is 0 Å². The van der Waals surface area contributed by atoms with Crippen molar-refractivity contribution < 1.29 is 28.8 Å². The van der Waals surface area contributed by atoms with E-state index in [2.05, 4.69) is 15.8 Å². The number of nitrogens with zero attached hydrogens (tertiary/aromatic N) is 1. The number of rotatable bonds is 9. The summed E-state index contributed by atoms with van der Waals surface area (Å²) in [6.45, 7) is 1.97. The van der Waals surface area contributed by atoms with Crippen LogP contribution in [-0.2, 0) is 20.9 Å². The first-order valence-electron chi connectivity index (χ1n) is 10.9. The second kappa shape index (κ2) is 10.2. The third-order valence-electron chi connectivity index (χ3n) is 5.90. The number of aliphatic carboxylic acids is 1. The van der Waals surface area contributed by atoms with Gasteiger partial charge in [-0.05, 0) is 35.6 Å². The highest BCUT2D eigenvalue weighted by Crippen LogP contribution is 2.44. The molecule has 176 valence electrons. The van der Waals surface area contributed by atoms with Crippen molar-refractivity contribution >= 4 is 18.0 Å². The van der Waals surface area contributed by atoms with E-state index >= 15 is 0 Å². The summed E-state index contributed by atoms with van der Waals surface area (Å²) in [6, 6.07) is 14.9. The first-order valence-corrected chi connectivity index (χ1v) is 10.9. The van der Waals surface area contributed by atoms with Crippen LogP contribution < -0.4 is 10.6 Å². The monoisotopic (exact) mass is 463 g/mol. The largest absolute Gasteiger partial charge is 0.481 e. The van der Waals surface area contributed by atoms with Gasteiger partial charge in [-0.25, -0.2) is 4.79 Å². The molecule has 1 unspecified atom stereocenters. The first-order chi connectivity index (χ1) is 16.4. The van der Waals surface area contributed by atoms with Crippen LogP contribution in [0.2, 0.25) is 0 Å². The maximum absolute atomic E-state index is 12.7. The average Bonchev–Trinajstić information content (AvgIpc) is 3.39. The van der Waals surface area contributed by atoms with Crippen LogP contribution in [0.4, 0.5) is 4.79 Å². The van der Waals surface area contributed by atoms with Gasteiger partial charge in [0.1, 0.15) is 18.9 Å². The van der Waals surface area contributed by atoms with Gasteiger partial charge in [0, 0.05) is 24.4 Å². The summed E-state index contributed by atoms with van der Waals surface area (Å²) in [5.41, 5.74) is 5.67. The lowest BCUT2D eigenvalue weighted by molar-refractivity contribution is -0.137. The van der Waals surface area contributed by atoms with Crippen molar-refractivity contribution in [3.8, 4) is 11.1 Å². The molecule has 1 aromatic heterocycles. The summed E-state index contributed by atoms with van der Waals surface area (Å²) < 4.78 is 10.3. The van der Waals surface area contributed by atoms with E-state index in [0.29, 0.717) is 11.3 Å². The number of carboxylic acids is 1. The van der Waals surface area contributed by atoms with E-state index in [0.717, 1.165) is 22.3 Å². The SMILES string of the molecule is Cc1nocc1CNC(=O)C(CCC(=O)O)NC(=O)OCC1c2ccccc2-c2ccccc21. The fourth-order valence-electron chi connectivity index (χ4n) is 4.11. The molecule has 1 aliphatic rings. The predicted octanol–water partition coefficient (Wildman–Crippen LogP) is 3.37. The maximum Gasteiger partial charge on any atom is 0.407 e. The fraction of sp³-hybridized carbons (Fsp3) is 0.280. The normalized spacial score (nSPS) is 13.0. The molecule has 1 heterocycles. The maximum atomic E-state index is 12.7. The Morgan fingerprint density at radius 3 is 2.32 bits per heavy atom. The second-order valence-electron chi connectivity index (χ2n) is 8.10. The van der Waals surface area contributed by atoms with Gasteiger partial charge in [0.05, 0.1) is 5.69 Å². The van der Waals surface area contributed by atoms with E-state index in [4.69, 9.17) is 14.4 Å². The van der Waals surface area contributed by atoms with Gasteiger partial charge in [0.2, 0.25) is 5.91 Å². The molecule has 3 aromatic rings. The molecule has 0 fully saturated rings. The minimum Gasteiger partial charge on any atom is -0.481 e. The molecule has 0 saturated carbocycles. The Morgan fingerprint density at radius 1 is 1.09 bits per heavy atom. The number of alkyl carbamates (subject to hydrolysis) is 1. The Bertz CT molecular complexity index is 1160. The summed E-state index contributed by atoms with van der Waals surface area (Å²) in [5, 5.41) is 18.0. The van der Waals surface area contributed by atoms with Crippen LogP contribution in [0.25, 0.3) is 11.1 Å². The number of ether oxygens (including phenoxy) is 1. The van der Waals surface area contributed by atoms with Crippen molar-refractivity contribution in [3.05, 3.63) is 77.2 Å². The number of carbonyl (C=O) groups excluding carboxylic acids is 2. The molecule has 0 spiro atoms. The molecule has 34 heavy (non-hydrogen) atoms. The molecule has 0 radical (unpaired) electrons. The highest BCUT2D eigenvalue weighted by Gasteiger charge is 2.30. The summed E-state index contributed by atoms with van der Waals surface area (Å²) >= 11 is 0. The lowest BCUT2D eigenvalue weighted by Crippen LogP contribution is -2.47. The molecule has 0 bridgehead atoms.